The highest BCUT2D eigenvalue weighted by Gasteiger charge is 2.37. The number of carbonyl (C=O) groups is 4. The summed E-state index contributed by atoms with van der Waals surface area (Å²) in [6.07, 6.45) is 1.44. The van der Waals surface area contributed by atoms with Crippen LogP contribution in [0.25, 0.3) is 6.08 Å². The molecule has 0 saturated carbocycles. The summed E-state index contributed by atoms with van der Waals surface area (Å²) in [5.41, 5.74) is 1.23. The highest BCUT2D eigenvalue weighted by Crippen LogP contribution is 2.35. The average Bonchev–Trinajstić information content (AvgIpc) is 2.67. The number of carbonyl (C=O) groups excluding carboxylic acids is 4. The third-order valence-corrected chi connectivity index (χ3v) is 5.25. The van der Waals surface area contributed by atoms with E-state index in [9.17, 15) is 19.2 Å². The van der Waals surface area contributed by atoms with Crippen molar-refractivity contribution in [3.63, 3.8) is 0 Å². The first kappa shape index (κ1) is 21.9. The van der Waals surface area contributed by atoms with E-state index in [1.54, 1.807) is 37.3 Å². The van der Waals surface area contributed by atoms with Crippen LogP contribution in [-0.2, 0) is 14.4 Å². The van der Waals surface area contributed by atoms with Gasteiger partial charge in [0.05, 0.1) is 10.2 Å². The maximum Gasteiger partial charge on any atom is 0.335 e. The van der Waals surface area contributed by atoms with Gasteiger partial charge in [-0.1, -0.05) is 35.0 Å². The van der Waals surface area contributed by atoms with Crippen LogP contribution in [0.2, 0.25) is 0 Å². The summed E-state index contributed by atoms with van der Waals surface area (Å²) in [5, 5.41) is 2.18. The molecule has 0 aliphatic carbocycles. The molecule has 2 aromatic carbocycles. The van der Waals surface area contributed by atoms with Crippen molar-refractivity contribution in [2.45, 2.75) is 20.3 Å². The Bertz CT molecular complexity index is 1110. The van der Waals surface area contributed by atoms with Crippen molar-refractivity contribution in [1.29, 1.82) is 0 Å². The molecule has 3 rings (SSSR count). The molecule has 1 heterocycles. The molecule has 0 bridgehead atoms. The second-order valence-corrected chi connectivity index (χ2v) is 8.20. The van der Waals surface area contributed by atoms with Crippen molar-refractivity contribution in [2.75, 3.05) is 4.90 Å². The van der Waals surface area contributed by atoms with E-state index in [0.717, 1.165) is 10.5 Å². The SMILES string of the molecule is CCC(=O)Oc1c(Br)cc(Br)cc1/C=C1/C(=O)NC(=O)N(c2cccc(C)c2)C1=O. The van der Waals surface area contributed by atoms with E-state index in [1.165, 1.54) is 6.08 Å². The largest absolute Gasteiger partial charge is 0.425 e. The van der Waals surface area contributed by atoms with Crippen LogP contribution in [-0.4, -0.2) is 23.8 Å². The normalized spacial score (nSPS) is 15.4. The maximum atomic E-state index is 13.1. The van der Waals surface area contributed by atoms with Gasteiger partial charge in [0.2, 0.25) is 0 Å². The summed E-state index contributed by atoms with van der Waals surface area (Å²) in [7, 11) is 0. The molecule has 0 spiro atoms. The van der Waals surface area contributed by atoms with Gasteiger partial charge in [-0.15, -0.1) is 0 Å². The van der Waals surface area contributed by atoms with Gasteiger partial charge in [0.15, 0.2) is 5.75 Å². The molecule has 1 aliphatic rings. The topological polar surface area (TPSA) is 92.8 Å². The molecule has 0 radical (unpaired) electrons. The fourth-order valence-corrected chi connectivity index (χ4v) is 4.13. The van der Waals surface area contributed by atoms with E-state index in [1.807, 2.05) is 13.0 Å². The van der Waals surface area contributed by atoms with Gasteiger partial charge in [-0.25, -0.2) is 9.69 Å². The fraction of sp³-hybridized carbons (Fsp3) is 0.143. The molecule has 1 fully saturated rings. The smallest absolute Gasteiger partial charge is 0.335 e. The highest BCUT2D eigenvalue weighted by molar-refractivity contribution is 9.11. The summed E-state index contributed by atoms with van der Waals surface area (Å²) in [5.74, 6) is -1.93. The number of imide groups is 2. The number of hydrogen-bond acceptors (Lipinski definition) is 5. The molecule has 154 valence electrons. The summed E-state index contributed by atoms with van der Waals surface area (Å²) >= 11 is 6.67. The summed E-state index contributed by atoms with van der Waals surface area (Å²) in [4.78, 5) is 50.6. The molecule has 1 saturated heterocycles. The van der Waals surface area contributed by atoms with Gasteiger partial charge in [0.1, 0.15) is 5.57 Å². The first-order valence-electron chi connectivity index (χ1n) is 8.89. The van der Waals surface area contributed by atoms with Gasteiger partial charge in [0, 0.05) is 16.5 Å². The number of rotatable bonds is 4. The van der Waals surface area contributed by atoms with Crippen LogP contribution < -0.4 is 15.0 Å². The Balaban J connectivity index is 2.10. The Morgan fingerprint density at radius 2 is 1.90 bits per heavy atom. The lowest BCUT2D eigenvalue weighted by Crippen LogP contribution is -2.54. The number of nitrogens with zero attached hydrogens (tertiary/aromatic N) is 1. The number of barbiturate groups is 1. The molecular formula is C21H16Br2N2O5. The Morgan fingerprint density at radius 1 is 1.17 bits per heavy atom. The molecule has 4 amide bonds. The number of amides is 4. The number of anilines is 1. The van der Waals surface area contributed by atoms with Crippen molar-refractivity contribution in [3.05, 3.63) is 62.0 Å². The lowest BCUT2D eigenvalue weighted by atomic mass is 10.1. The van der Waals surface area contributed by atoms with E-state index in [4.69, 9.17) is 4.74 Å². The van der Waals surface area contributed by atoms with Crippen molar-refractivity contribution in [2.24, 2.45) is 0 Å². The van der Waals surface area contributed by atoms with Gasteiger partial charge >= 0.3 is 12.0 Å². The van der Waals surface area contributed by atoms with Crippen LogP contribution in [0.3, 0.4) is 0 Å². The Morgan fingerprint density at radius 3 is 2.57 bits per heavy atom. The highest BCUT2D eigenvalue weighted by atomic mass is 79.9. The zero-order valence-electron chi connectivity index (χ0n) is 16.0. The van der Waals surface area contributed by atoms with Crippen LogP contribution in [0.4, 0.5) is 10.5 Å². The lowest BCUT2D eigenvalue weighted by Gasteiger charge is -2.26. The molecule has 0 aromatic heterocycles. The van der Waals surface area contributed by atoms with E-state index in [0.29, 0.717) is 20.2 Å². The number of hydrogen-bond donors (Lipinski definition) is 1. The molecule has 1 aliphatic heterocycles. The monoisotopic (exact) mass is 534 g/mol. The molecule has 1 N–H and O–H groups in total. The number of benzene rings is 2. The summed E-state index contributed by atoms with van der Waals surface area (Å²) < 4.78 is 6.46. The van der Waals surface area contributed by atoms with Crippen molar-refractivity contribution >= 4 is 67.4 Å². The van der Waals surface area contributed by atoms with Crippen LogP contribution in [0.1, 0.15) is 24.5 Å². The molecule has 9 heteroatoms. The van der Waals surface area contributed by atoms with Crippen LogP contribution >= 0.6 is 31.9 Å². The van der Waals surface area contributed by atoms with Crippen LogP contribution in [0.15, 0.2) is 50.9 Å². The van der Waals surface area contributed by atoms with E-state index < -0.39 is 23.8 Å². The zero-order valence-corrected chi connectivity index (χ0v) is 19.2. The Labute approximate surface area is 189 Å². The summed E-state index contributed by atoms with van der Waals surface area (Å²) in [6.45, 7) is 3.47. The molecule has 7 nitrogen and oxygen atoms in total. The number of nitrogens with one attached hydrogen (secondary N) is 1. The van der Waals surface area contributed by atoms with Gasteiger partial charge in [0.25, 0.3) is 11.8 Å². The molecule has 30 heavy (non-hydrogen) atoms. The average molecular weight is 536 g/mol. The molecular weight excluding hydrogens is 520 g/mol. The van der Waals surface area contributed by atoms with Crippen molar-refractivity contribution in [3.8, 4) is 5.75 Å². The third-order valence-electron chi connectivity index (χ3n) is 4.20. The minimum absolute atomic E-state index is 0.146. The predicted molar refractivity (Wildman–Crippen MR) is 118 cm³/mol. The third kappa shape index (κ3) is 4.52. The fourth-order valence-electron chi connectivity index (χ4n) is 2.80. The Kier molecular flexibility index (Phi) is 6.52. The number of aryl methyl sites for hydroxylation is 1. The number of halogens is 2. The molecule has 0 unspecified atom stereocenters. The lowest BCUT2D eigenvalue weighted by molar-refractivity contribution is -0.134. The summed E-state index contributed by atoms with van der Waals surface area (Å²) in [6, 6.07) is 9.23. The van der Waals surface area contributed by atoms with Crippen molar-refractivity contribution in [1.82, 2.24) is 5.32 Å². The van der Waals surface area contributed by atoms with E-state index >= 15 is 0 Å². The Hall–Kier alpha value is -2.78. The first-order valence-corrected chi connectivity index (χ1v) is 10.5. The predicted octanol–water partition coefficient (Wildman–Crippen LogP) is 4.50. The quantitative estimate of drug-likeness (QED) is 0.269. The maximum absolute atomic E-state index is 13.1. The second-order valence-electron chi connectivity index (χ2n) is 6.43. The van der Waals surface area contributed by atoms with Crippen LogP contribution in [0.5, 0.6) is 5.75 Å². The van der Waals surface area contributed by atoms with Gasteiger partial charge in [-0.2, -0.15) is 0 Å². The molecule has 2 aromatic rings. The molecule has 0 atom stereocenters. The minimum Gasteiger partial charge on any atom is -0.425 e. The van der Waals surface area contributed by atoms with Crippen molar-refractivity contribution < 1.29 is 23.9 Å². The zero-order chi connectivity index (χ0) is 22.0. The van der Waals surface area contributed by atoms with E-state index in [-0.39, 0.29) is 17.7 Å². The van der Waals surface area contributed by atoms with Crippen LogP contribution in [0, 0.1) is 6.92 Å². The number of urea groups is 1. The van der Waals surface area contributed by atoms with Gasteiger partial charge in [-0.05, 0) is 58.8 Å². The standard InChI is InChI=1S/C21H16Br2N2O5/c1-3-17(26)30-18-12(8-13(22)10-16(18)23)9-15-19(27)24-21(29)25(20(15)28)14-6-4-5-11(2)7-14/h4-10H,3H2,1-2H3,(H,24,27,29)/b15-9-. The minimum atomic E-state index is -0.835. The second kappa shape index (κ2) is 8.93. The van der Waals surface area contributed by atoms with E-state index in [2.05, 4.69) is 37.2 Å². The van der Waals surface area contributed by atoms with Gasteiger partial charge in [-0.3, -0.25) is 19.7 Å². The number of esters is 1. The number of ether oxygens (including phenoxy) is 1. The van der Waals surface area contributed by atoms with Gasteiger partial charge < -0.3 is 4.74 Å². The first-order chi connectivity index (χ1) is 14.2.